The monoisotopic (exact) mass is 336 g/mol. The van der Waals surface area contributed by atoms with Gasteiger partial charge < -0.3 is 0 Å². The normalized spacial score (nSPS) is 10.7. The SMILES string of the molecule is CCc1nsc(Sc2ncnc(Cl)c2Br)n1. The van der Waals surface area contributed by atoms with Gasteiger partial charge >= 0.3 is 0 Å². The van der Waals surface area contributed by atoms with Crippen molar-refractivity contribution < 1.29 is 0 Å². The molecule has 0 spiro atoms. The highest BCUT2D eigenvalue weighted by molar-refractivity contribution is 9.10. The number of hydrogen-bond donors (Lipinski definition) is 0. The lowest BCUT2D eigenvalue weighted by Gasteiger charge is -2.00. The van der Waals surface area contributed by atoms with Crippen molar-refractivity contribution in [3.8, 4) is 0 Å². The van der Waals surface area contributed by atoms with Gasteiger partial charge in [-0.1, -0.05) is 18.5 Å². The molecule has 0 N–H and O–H groups in total. The molecule has 4 nitrogen and oxygen atoms in total. The maximum Gasteiger partial charge on any atom is 0.176 e. The largest absolute Gasteiger partial charge is 0.228 e. The van der Waals surface area contributed by atoms with Crippen molar-refractivity contribution in [2.45, 2.75) is 22.7 Å². The number of halogens is 2. The summed E-state index contributed by atoms with van der Waals surface area (Å²) in [5.41, 5.74) is 0. The minimum absolute atomic E-state index is 0.401. The summed E-state index contributed by atoms with van der Waals surface area (Å²) in [7, 11) is 0. The van der Waals surface area contributed by atoms with Crippen LogP contribution in [0.1, 0.15) is 12.7 Å². The van der Waals surface area contributed by atoms with Crippen LogP contribution in [0.2, 0.25) is 5.15 Å². The zero-order valence-electron chi connectivity index (χ0n) is 8.15. The zero-order chi connectivity index (χ0) is 11.5. The second-order valence-electron chi connectivity index (χ2n) is 2.72. The van der Waals surface area contributed by atoms with Gasteiger partial charge in [-0.2, -0.15) is 4.37 Å². The standard InChI is InChI=1S/C8H6BrClN4S2/c1-2-4-13-8(16-14-4)15-7-5(9)6(10)11-3-12-7/h3H,2H2,1H3. The first-order chi connectivity index (χ1) is 7.70. The van der Waals surface area contributed by atoms with E-state index in [-0.39, 0.29) is 0 Å². The van der Waals surface area contributed by atoms with E-state index >= 15 is 0 Å². The van der Waals surface area contributed by atoms with Crippen LogP contribution < -0.4 is 0 Å². The summed E-state index contributed by atoms with van der Waals surface area (Å²) in [6, 6.07) is 0. The summed E-state index contributed by atoms with van der Waals surface area (Å²) >= 11 is 12.0. The molecule has 0 radical (unpaired) electrons. The van der Waals surface area contributed by atoms with Gasteiger partial charge in [0.2, 0.25) is 0 Å². The van der Waals surface area contributed by atoms with Crippen molar-refractivity contribution >= 4 is 50.8 Å². The minimum atomic E-state index is 0.401. The summed E-state index contributed by atoms with van der Waals surface area (Å²) in [6.07, 6.45) is 2.26. The highest BCUT2D eigenvalue weighted by Gasteiger charge is 2.11. The third kappa shape index (κ3) is 2.71. The summed E-state index contributed by atoms with van der Waals surface area (Å²) in [4.78, 5) is 12.3. The summed E-state index contributed by atoms with van der Waals surface area (Å²) in [5, 5.41) is 1.15. The Balaban J connectivity index is 2.23. The van der Waals surface area contributed by atoms with E-state index in [1.54, 1.807) is 0 Å². The Kier molecular flexibility index (Phi) is 4.12. The zero-order valence-corrected chi connectivity index (χ0v) is 12.1. The van der Waals surface area contributed by atoms with Crippen LogP contribution in [0.25, 0.3) is 0 Å². The average Bonchev–Trinajstić information content (AvgIpc) is 2.73. The first-order valence-corrected chi connectivity index (χ1v) is 7.13. The van der Waals surface area contributed by atoms with Crippen molar-refractivity contribution in [2.75, 3.05) is 0 Å². The van der Waals surface area contributed by atoms with E-state index in [0.29, 0.717) is 9.63 Å². The third-order valence-corrected chi connectivity index (χ3v) is 4.98. The number of rotatable bonds is 3. The van der Waals surface area contributed by atoms with Gasteiger partial charge in [0, 0.05) is 6.42 Å². The molecule has 2 aromatic heterocycles. The third-order valence-electron chi connectivity index (χ3n) is 1.66. The van der Waals surface area contributed by atoms with Crippen LogP contribution >= 0.6 is 50.8 Å². The lowest BCUT2D eigenvalue weighted by atomic mass is 10.5. The van der Waals surface area contributed by atoms with Crippen LogP contribution in [0.5, 0.6) is 0 Å². The first kappa shape index (κ1) is 12.2. The van der Waals surface area contributed by atoms with Gasteiger partial charge in [-0.3, -0.25) is 0 Å². The van der Waals surface area contributed by atoms with Crippen LogP contribution in [0, 0.1) is 0 Å². The second kappa shape index (κ2) is 5.39. The lowest BCUT2D eigenvalue weighted by molar-refractivity contribution is 0.967. The number of nitrogens with zero attached hydrogens (tertiary/aromatic N) is 4. The van der Waals surface area contributed by atoms with Gasteiger partial charge in [-0.05, 0) is 39.2 Å². The van der Waals surface area contributed by atoms with E-state index in [0.717, 1.165) is 21.6 Å². The molecule has 0 aromatic carbocycles. The molecule has 84 valence electrons. The summed E-state index contributed by atoms with van der Waals surface area (Å²) < 4.78 is 5.74. The molecule has 2 rings (SSSR count). The van der Waals surface area contributed by atoms with Crippen molar-refractivity contribution in [3.05, 3.63) is 21.8 Å². The van der Waals surface area contributed by atoms with Crippen molar-refractivity contribution in [1.82, 2.24) is 19.3 Å². The maximum absolute atomic E-state index is 5.87. The first-order valence-electron chi connectivity index (χ1n) is 4.37. The Hall–Kier alpha value is -0.240. The molecule has 0 aliphatic heterocycles. The molecular formula is C8H6BrClN4S2. The molecule has 2 heterocycles. The molecule has 0 amide bonds. The van der Waals surface area contributed by atoms with Gasteiger partial charge in [0.25, 0.3) is 0 Å². The molecule has 16 heavy (non-hydrogen) atoms. The van der Waals surface area contributed by atoms with E-state index in [4.69, 9.17) is 11.6 Å². The molecule has 0 unspecified atom stereocenters. The Morgan fingerprint density at radius 1 is 1.50 bits per heavy atom. The van der Waals surface area contributed by atoms with E-state index in [1.165, 1.54) is 29.6 Å². The molecule has 8 heteroatoms. The van der Waals surface area contributed by atoms with Gasteiger partial charge in [0.1, 0.15) is 22.3 Å². The van der Waals surface area contributed by atoms with Crippen LogP contribution in [0.3, 0.4) is 0 Å². The molecule has 0 saturated heterocycles. The van der Waals surface area contributed by atoms with Crippen LogP contribution in [0.4, 0.5) is 0 Å². The Labute approximate surface area is 114 Å². The molecule has 0 aliphatic rings. The summed E-state index contributed by atoms with van der Waals surface area (Å²) in [5.74, 6) is 0.851. The van der Waals surface area contributed by atoms with Gasteiger partial charge in [-0.25, -0.2) is 15.0 Å². The van der Waals surface area contributed by atoms with Crippen LogP contribution in [-0.2, 0) is 6.42 Å². The number of aromatic nitrogens is 4. The second-order valence-corrected chi connectivity index (χ2v) is 5.85. The molecule has 0 bridgehead atoms. The van der Waals surface area contributed by atoms with E-state index in [9.17, 15) is 0 Å². The number of aryl methyl sites for hydroxylation is 1. The Morgan fingerprint density at radius 2 is 2.31 bits per heavy atom. The molecule has 0 fully saturated rings. The van der Waals surface area contributed by atoms with E-state index in [1.807, 2.05) is 6.92 Å². The fraction of sp³-hybridized carbons (Fsp3) is 0.250. The Morgan fingerprint density at radius 3 is 3.00 bits per heavy atom. The smallest absolute Gasteiger partial charge is 0.176 e. The fourth-order valence-corrected chi connectivity index (χ4v) is 3.15. The van der Waals surface area contributed by atoms with Gasteiger partial charge in [-0.15, -0.1) is 0 Å². The molecular weight excluding hydrogens is 332 g/mol. The maximum atomic E-state index is 5.87. The lowest BCUT2D eigenvalue weighted by Crippen LogP contribution is -1.86. The van der Waals surface area contributed by atoms with Crippen molar-refractivity contribution in [3.63, 3.8) is 0 Å². The fourth-order valence-electron chi connectivity index (χ4n) is 0.910. The van der Waals surface area contributed by atoms with E-state index in [2.05, 4.69) is 35.3 Å². The van der Waals surface area contributed by atoms with Crippen LogP contribution in [0.15, 0.2) is 20.2 Å². The highest BCUT2D eigenvalue weighted by Crippen LogP contribution is 2.35. The molecule has 0 saturated carbocycles. The topological polar surface area (TPSA) is 51.6 Å². The van der Waals surface area contributed by atoms with Gasteiger partial charge in [0.05, 0.1) is 4.47 Å². The average molecular weight is 338 g/mol. The molecule has 0 aliphatic carbocycles. The van der Waals surface area contributed by atoms with E-state index < -0.39 is 0 Å². The van der Waals surface area contributed by atoms with Crippen molar-refractivity contribution in [2.24, 2.45) is 0 Å². The molecule has 2 aromatic rings. The predicted molar refractivity (Wildman–Crippen MR) is 68.2 cm³/mol. The van der Waals surface area contributed by atoms with Crippen molar-refractivity contribution in [1.29, 1.82) is 0 Å². The summed E-state index contributed by atoms with van der Waals surface area (Å²) in [6.45, 7) is 2.02. The number of hydrogen-bond acceptors (Lipinski definition) is 6. The highest BCUT2D eigenvalue weighted by atomic mass is 79.9. The minimum Gasteiger partial charge on any atom is -0.228 e. The predicted octanol–water partition coefficient (Wildman–Crippen LogP) is 3.46. The van der Waals surface area contributed by atoms with Gasteiger partial charge in [0.15, 0.2) is 4.34 Å². The molecule has 0 atom stereocenters. The Bertz CT molecular complexity index is 505. The van der Waals surface area contributed by atoms with Crippen LogP contribution in [-0.4, -0.2) is 19.3 Å². The quantitative estimate of drug-likeness (QED) is 0.803.